The largest absolute Gasteiger partial charge is 0.309 e. The van der Waals surface area contributed by atoms with Crippen molar-refractivity contribution in [1.82, 2.24) is 9.80 Å². The van der Waals surface area contributed by atoms with Crippen molar-refractivity contribution in [3.8, 4) is 0 Å². The lowest BCUT2D eigenvalue weighted by atomic mass is 10.3. The van der Waals surface area contributed by atoms with Gasteiger partial charge in [-0.2, -0.15) is 0 Å². The predicted molar refractivity (Wildman–Crippen MR) is 75.5 cm³/mol. The second-order valence-corrected chi connectivity index (χ2v) is 4.13. The van der Waals surface area contributed by atoms with E-state index in [0.29, 0.717) is 11.8 Å². The van der Waals surface area contributed by atoms with E-state index in [2.05, 4.69) is 23.9 Å². The van der Waals surface area contributed by atoms with Gasteiger partial charge < -0.3 is 9.80 Å². The highest BCUT2D eigenvalue weighted by atomic mass is 35.5. The fourth-order valence-corrected chi connectivity index (χ4v) is 1.66. The van der Waals surface area contributed by atoms with E-state index in [1.165, 1.54) is 6.42 Å². The van der Waals surface area contributed by atoms with Crippen molar-refractivity contribution >= 4 is 48.0 Å². The summed E-state index contributed by atoms with van der Waals surface area (Å²) in [7, 11) is 4.18. The molecule has 0 heterocycles. The van der Waals surface area contributed by atoms with E-state index < -0.39 is 0 Å². The maximum atomic E-state index is 5.68. The third-order valence-corrected chi connectivity index (χ3v) is 2.22. The van der Waals surface area contributed by atoms with Gasteiger partial charge in [0.25, 0.3) is 0 Å². The van der Waals surface area contributed by atoms with Crippen LogP contribution in [0.15, 0.2) is 0 Å². The Kier molecular flexibility index (Phi) is 21.5. The van der Waals surface area contributed by atoms with Crippen LogP contribution in [0.25, 0.3) is 0 Å². The Labute approximate surface area is 116 Å². The number of hydrogen-bond acceptors (Lipinski definition) is 2. The van der Waals surface area contributed by atoms with Crippen molar-refractivity contribution in [2.45, 2.75) is 6.42 Å². The minimum atomic E-state index is 0. The SMILES string of the molecule is CN(C)CCCN(CCCl)CCCl.Cl.Cl. The first kappa shape index (κ1) is 21.4. The first-order valence-electron chi connectivity index (χ1n) is 4.69. The van der Waals surface area contributed by atoms with Gasteiger partial charge in [0.2, 0.25) is 0 Å². The van der Waals surface area contributed by atoms with Crippen LogP contribution in [0.1, 0.15) is 6.42 Å². The Morgan fingerprint density at radius 3 is 1.60 bits per heavy atom. The van der Waals surface area contributed by atoms with Crippen LogP contribution in [0, 0.1) is 0 Å². The molecule has 0 spiro atoms. The second kappa shape index (κ2) is 15.1. The van der Waals surface area contributed by atoms with Gasteiger partial charge in [-0.1, -0.05) is 0 Å². The molecule has 0 unspecified atom stereocenters. The van der Waals surface area contributed by atoms with E-state index in [1.54, 1.807) is 0 Å². The van der Waals surface area contributed by atoms with Crippen LogP contribution >= 0.6 is 48.0 Å². The smallest absolute Gasteiger partial charge is 0.0351 e. The first-order chi connectivity index (χ1) is 6.20. The van der Waals surface area contributed by atoms with Crippen LogP contribution < -0.4 is 0 Å². The highest BCUT2D eigenvalue weighted by Gasteiger charge is 2.02. The van der Waals surface area contributed by atoms with E-state index in [9.17, 15) is 0 Å². The van der Waals surface area contributed by atoms with Gasteiger partial charge >= 0.3 is 0 Å². The molecule has 0 radical (unpaired) electrons. The van der Waals surface area contributed by atoms with Gasteiger partial charge in [0, 0.05) is 24.8 Å². The molecular formula is C9H22Cl4N2. The number of halogens is 4. The molecule has 0 saturated carbocycles. The summed E-state index contributed by atoms with van der Waals surface area (Å²) >= 11 is 11.4. The number of nitrogens with zero attached hydrogens (tertiary/aromatic N) is 2. The number of alkyl halides is 2. The van der Waals surface area contributed by atoms with Gasteiger partial charge in [-0.3, -0.25) is 0 Å². The Hall–Kier alpha value is 1.08. The van der Waals surface area contributed by atoms with Gasteiger partial charge in [-0.05, 0) is 33.6 Å². The molecule has 0 rings (SSSR count). The molecule has 6 heteroatoms. The lowest BCUT2D eigenvalue weighted by Gasteiger charge is -2.20. The molecule has 0 bridgehead atoms. The van der Waals surface area contributed by atoms with Crippen molar-refractivity contribution in [2.75, 3.05) is 52.0 Å². The zero-order valence-electron chi connectivity index (χ0n) is 9.42. The fourth-order valence-electron chi connectivity index (χ4n) is 1.19. The minimum Gasteiger partial charge on any atom is -0.309 e. The van der Waals surface area contributed by atoms with Gasteiger partial charge in [-0.15, -0.1) is 48.0 Å². The molecule has 0 amide bonds. The lowest BCUT2D eigenvalue weighted by molar-refractivity contribution is 0.281. The maximum Gasteiger partial charge on any atom is 0.0351 e. The topological polar surface area (TPSA) is 6.48 Å². The first-order valence-corrected chi connectivity index (χ1v) is 5.76. The molecule has 0 aliphatic rings. The van der Waals surface area contributed by atoms with E-state index >= 15 is 0 Å². The van der Waals surface area contributed by atoms with Crippen molar-refractivity contribution in [3.63, 3.8) is 0 Å². The van der Waals surface area contributed by atoms with Crippen LogP contribution in [0.2, 0.25) is 0 Å². The molecule has 15 heavy (non-hydrogen) atoms. The third kappa shape index (κ3) is 15.1. The monoisotopic (exact) mass is 298 g/mol. The van der Waals surface area contributed by atoms with Gasteiger partial charge in [-0.25, -0.2) is 0 Å². The zero-order valence-corrected chi connectivity index (χ0v) is 12.6. The molecule has 0 N–H and O–H groups in total. The molecule has 0 fully saturated rings. The van der Waals surface area contributed by atoms with Gasteiger partial charge in [0.1, 0.15) is 0 Å². The molecule has 0 atom stereocenters. The van der Waals surface area contributed by atoms with Gasteiger partial charge in [0.15, 0.2) is 0 Å². The number of hydrogen-bond donors (Lipinski definition) is 0. The Morgan fingerprint density at radius 1 is 0.800 bits per heavy atom. The average molecular weight is 300 g/mol. The normalized spacial score (nSPS) is 10.0. The molecular weight excluding hydrogens is 278 g/mol. The summed E-state index contributed by atoms with van der Waals surface area (Å²) in [6.45, 7) is 4.11. The van der Waals surface area contributed by atoms with Crippen LogP contribution in [-0.2, 0) is 0 Å². The summed E-state index contributed by atoms with van der Waals surface area (Å²) < 4.78 is 0. The zero-order chi connectivity index (χ0) is 10.1. The van der Waals surface area contributed by atoms with E-state index in [4.69, 9.17) is 23.2 Å². The summed E-state index contributed by atoms with van der Waals surface area (Å²) in [6, 6.07) is 0. The summed E-state index contributed by atoms with van der Waals surface area (Å²) in [5.41, 5.74) is 0. The summed E-state index contributed by atoms with van der Waals surface area (Å²) in [5, 5.41) is 0. The molecule has 0 saturated heterocycles. The minimum absolute atomic E-state index is 0. The van der Waals surface area contributed by atoms with Crippen molar-refractivity contribution in [2.24, 2.45) is 0 Å². The Balaban J connectivity index is -0.000000720. The Morgan fingerprint density at radius 2 is 1.27 bits per heavy atom. The lowest BCUT2D eigenvalue weighted by Crippen LogP contribution is -2.30. The van der Waals surface area contributed by atoms with Crippen molar-refractivity contribution < 1.29 is 0 Å². The molecule has 0 aromatic carbocycles. The molecule has 0 aliphatic heterocycles. The summed E-state index contributed by atoms with van der Waals surface area (Å²) in [5.74, 6) is 1.39. The van der Waals surface area contributed by atoms with E-state index in [-0.39, 0.29) is 24.8 Å². The highest BCUT2D eigenvalue weighted by Crippen LogP contribution is 1.95. The summed E-state index contributed by atoms with van der Waals surface area (Å²) in [4.78, 5) is 4.50. The molecule has 0 aliphatic carbocycles. The maximum absolute atomic E-state index is 5.68. The van der Waals surface area contributed by atoms with E-state index in [1.807, 2.05) is 0 Å². The average Bonchev–Trinajstić information content (AvgIpc) is 2.04. The quantitative estimate of drug-likeness (QED) is 0.636. The summed E-state index contributed by atoms with van der Waals surface area (Å²) in [6.07, 6.45) is 1.18. The van der Waals surface area contributed by atoms with Crippen molar-refractivity contribution in [1.29, 1.82) is 0 Å². The standard InChI is InChI=1S/C9H20Cl2N2.2ClH/c1-12(2)6-3-7-13(8-4-10)9-5-11;;/h3-9H2,1-2H3;2*1H. The Bertz CT molecular complexity index is 108. The predicted octanol–water partition coefficient (Wildman–Crippen LogP) is 2.56. The molecule has 0 aromatic heterocycles. The van der Waals surface area contributed by atoms with Crippen LogP contribution in [0.5, 0.6) is 0 Å². The van der Waals surface area contributed by atoms with Gasteiger partial charge in [0.05, 0.1) is 0 Å². The fraction of sp³-hybridized carbons (Fsp3) is 1.00. The highest BCUT2D eigenvalue weighted by molar-refractivity contribution is 6.18. The molecule has 2 nitrogen and oxygen atoms in total. The van der Waals surface area contributed by atoms with Crippen LogP contribution in [-0.4, -0.2) is 61.8 Å². The molecule has 0 aromatic rings. The number of rotatable bonds is 8. The van der Waals surface area contributed by atoms with E-state index in [0.717, 1.165) is 26.2 Å². The van der Waals surface area contributed by atoms with Crippen LogP contribution in [0.4, 0.5) is 0 Å². The van der Waals surface area contributed by atoms with Crippen LogP contribution in [0.3, 0.4) is 0 Å². The second-order valence-electron chi connectivity index (χ2n) is 3.38. The third-order valence-electron chi connectivity index (χ3n) is 1.88. The molecule has 96 valence electrons. The van der Waals surface area contributed by atoms with Crippen molar-refractivity contribution in [3.05, 3.63) is 0 Å².